The third-order valence-corrected chi connectivity index (χ3v) is 8.36. The van der Waals surface area contributed by atoms with Crippen molar-refractivity contribution in [1.82, 2.24) is 9.97 Å². The molecule has 0 fully saturated rings. The lowest BCUT2D eigenvalue weighted by molar-refractivity contribution is 0.474. The Kier molecular flexibility index (Phi) is 7.63. The summed E-state index contributed by atoms with van der Waals surface area (Å²) in [4.78, 5) is 9.74. The summed E-state index contributed by atoms with van der Waals surface area (Å²) in [5.41, 5.74) is 12.2. The normalized spacial score (nSPS) is 12.0. The van der Waals surface area contributed by atoms with Gasteiger partial charge in [0.05, 0.1) is 11.3 Å². The molecule has 4 nitrogen and oxygen atoms in total. The SMILES string of the molecule is CC(C)c1cc(-c2cc(-c3cc(C(C)(C)C)ccn3)cc(-c3cccc4oc(-c5ccccc5O)nc34)c2)cc(C(C)C)c1. The van der Waals surface area contributed by atoms with Crippen LogP contribution < -0.4 is 0 Å². The molecule has 4 aromatic carbocycles. The third kappa shape index (κ3) is 5.77. The average molecular weight is 581 g/mol. The molecule has 44 heavy (non-hydrogen) atoms. The second-order valence-electron chi connectivity index (χ2n) is 13.4. The summed E-state index contributed by atoms with van der Waals surface area (Å²) in [6.45, 7) is 15.7. The highest BCUT2D eigenvalue weighted by atomic mass is 16.3. The molecule has 0 aliphatic carbocycles. The van der Waals surface area contributed by atoms with Crippen LogP contribution in [0, 0.1) is 0 Å². The number of nitrogens with zero attached hydrogens (tertiary/aromatic N) is 2. The monoisotopic (exact) mass is 580 g/mol. The van der Waals surface area contributed by atoms with Crippen LogP contribution in [0.25, 0.3) is 56.1 Å². The van der Waals surface area contributed by atoms with Gasteiger partial charge < -0.3 is 9.52 Å². The van der Waals surface area contributed by atoms with Crippen molar-refractivity contribution in [2.75, 3.05) is 0 Å². The first-order valence-corrected chi connectivity index (χ1v) is 15.4. The number of benzene rings is 4. The topological polar surface area (TPSA) is 59.2 Å². The average Bonchev–Trinajstić information content (AvgIpc) is 3.45. The van der Waals surface area contributed by atoms with E-state index in [9.17, 15) is 5.11 Å². The largest absolute Gasteiger partial charge is 0.507 e. The van der Waals surface area contributed by atoms with Gasteiger partial charge in [-0.2, -0.15) is 0 Å². The Labute approximate surface area is 260 Å². The van der Waals surface area contributed by atoms with Crippen LogP contribution in [0.5, 0.6) is 5.75 Å². The van der Waals surface area contributed by atoms with Crippen LogP contribution in [-0.2, 0) is 5.41 Å². The summed E-state index contributed by atoms with van der Waals surface area (Å²) in [5, 5.41) is 10.5. The first kappa shape index (κ1) is 29.4. The molecule has 0 bridgehead atoms. The van der Waals surface area contributed by atoms with Gasteiger partial charge in [0.15, 0.2) is 5.58 Å². The Bertz CT molecular complexity index is 1950. The molecular formula is C40H40N2O2. The molecule has 0 aliphatic rings. The number of aromatic nitrogens is 2. The van der Waals surface area contributed by atoms with E-state index in [1.165, 1.54) is 22.3 Å². The van der Waals surface area contributed by atoms with E-state index in [2.05, 4.69) is 103 Å². The molecular weight excluding hydrogens is 540 g/mol. The van der Waals surface area contributed by atoms with E-state index in [0.29, 0.717) is 28.9 Å². The third-order valence-electron chi connectivity index (χ3n) is 8.36. The number of rotatable bonds is 6. The van der Waals surface area contributed by atoms with Crippen molar-refractivity contribution in [3.05, 3.63) is 114 Å². The van der Waals surface area contributed by atoms with Crippen molar-refractivity contribution in [1.29, 1.82) is 0 Å². The van der Waals surface area contributed by atoms with E-state index in [1.54, 1.807) is 12.1 Å². The van der Waals surface area contributed by atoms with E-state index in [0.717, 1.165) is 33.5 Å². The predicted molar refractivity (Wildman–Crippen MR) is 182 cm³/mol. The van der Waals surface area contributed by atoms with Gasteiger partial charge in [-0.15, -0.1) is 0 Å². The number of para-hydroxylation sites is 2. The Balaban J connectivity index is 1.60. The maximum atomic E-state index is 10.5. The number of fused-ring (bicyclic) bond motifs is 1. The highest BCUT2D eigenvalue weighted by molar-refractivity contribution is 5.94. The second-order valence-corrected chi connectivity index (χ2v) is 13.4. The minimum absolute atomic E-state index is 0.00158. The quantitative estimate of drug-likeness (QED) is 0.213. The van der Waals surface area contributed by atoms with E-state index >= 15 is 0 Å². The molecule has 0 spiro atoms. The molecule has 2 aromatic heterocycles. The molecule has 0 saturated heterocycles. The fourth-order valence-electron chi connectivity index (χ4n) is 5.61. The second kappa shape index (κ2) is 11.4. The number of pyridine rings is 1. The summed E-state index contributed by atoms with van der Waals surface area (Å²) in [5.74, 6) is 1.36. The smallest absolute Gasteiger partial charge is 0.231 e. The lowest BCUT2D eigenvalue weighted by Gasteiger charge is -2.20. The van der Waals surface area contributed by atoms with Crippen molar-refractivity contribution in [2.45, 2.75) is 65.7 Å². The fourth-order valence-corrected chi connectivity index (χ4v) is 5.61. The molecule has 2 heterocycles. The van der Waals surface area contributed by atoms with Gasteiger partial charge in [-0.1, -0.05) is 90.9 Å². The Morgan fingerprint density at radius 1 is 0.659 bits per heavy atom. The van der Waals surface area contributed by atoms with Gasteiger partial charge in [-0.05, 0) is 99.2 Å². The van der Waals surface area contributed by atoms with Gasteiger partial charge in [-0.3, -0.25) is 4.98 Å². The summed E-state index contributed by atoms with van der Waals surface area (Å²) in [6.07, 6.45) is 1.91. The van der Waals surface area contributed by atoms with Gasteiger partial charge in [0, 0.05) is 17.3 Å². The molecule has 1 N–H and O–H groups in total. The molecule has 0 radical (unpaired) electrons. The number of phenols is 1. The van der Waals surface area contributed by atoms with Gasteiger partial charge in [0.1, 0.15) is 11.3 Å². The van der Waals surface area contributed by atoms with Crippen molar-refractivity contribution in [3.63, 3.8) is 0 Å². The van der Waals surface area contributed by atoms with Gasteiger partial charge in [-0.25, -0.2) is 4.98 Å². The van der Waals surface area contributed by atoms with Crippen molar-refractivity contribution >= 4 is 11.1 Å². The van der Waals surface area contributed by atoms with Gasteiger partial charge >= 0.3 is 0 Å². The Hall–Kier alpha value is -4.70. The minimum Gasteiger partial charge on any atom is -0.507 e. The van der Waals surface area contributed by atoms with Crippen LogP contribution in [-0.4, -0.2) is 15.1 Å². The molecule has 6 aromatic rings. The first-order valence-electron chi connectivity index (χ1n) is 15.4. The highest BCUT2D eigenvalue weighted by Crippen LogP contribution is 2.39. The Morgan fingerprint density at radius 3 is 1.98 bits per heavy atom. The molecule has 0 amide bonds. The van der Waals surface area contributed by atoms with E-state index in [4.69, 9.17) is 14.4 Å². The molecule has 0 aliphatic heterocycles. The molecule has 0 unspecified atom stereocenters. The zero-order valence-corrected chi connectivity index (χ0v) is 26.6. The fraction of sp³-hybridized carbons (Fsp3) is 0.250. The molecule has 6 rings (SSSR count). The minimum atomic E-state index is 0.00158. The van der Waals surface area contributed by atoms with Crippen LogP contribution in [0.3, 0.4) is 0 Å². The van der Waals surface area contributed by atoms with Crippen LogP contribution in [0.1, 0.15) is 77.0 Å². The van der Waals surface area contributed by atoms with Crippen LogP contribution >= 0.6 is 0 Å². The molecule has 4 heteroatoms. The van der Waals surface area contributed by atoms with E-state index in [1.807, 2.05) is 30.5 Å². The summed E-state index contributed by atoms with van der Waals surface area (Å²) in [7, 11) is 0. The Morgan fingerprint density at radius 2 is 1.30 bits per heavy atom. The maximum Gasteiger partial charge on any atom is 0.231 e. The van der Waals surface area contributed by atoms with Crippen LogP contribution in [0.15, 0.2) is 102 Å². The van der Waals surface area contributed by atoms with Gasteiger partial charge in [0.2, 0.25) is 5.89 Å². The van der Waals surface area contributed by atoms with Crippen molar-refractivity contribution in [3.8, 4) is 50.7 Å². The number of hydrogen-bond donors (Lipinski definition) is 1. The van der Waals surface area contributed by atoms with Crippen LogP contribution in [0.2, 0.25) is 0 Å². The summed E-state index contributed by atoms with van der Waals surface area (Å²) in [6, 6.07) is 31.2. The summed E-state index contributed by atoms with van der Waals surface area (Å²) >= 11 is 0. The lowest BCUT2D eigenvalue weighted by atomic mass is 9.86. The first-order chi connectivity index (χ1) is 21.0. The maximum absolute atomic E-state index is 10.5. The standard InChI is InChI=1S/C40H40N2O2/c1-24(2)26-17-27(25(3)4)19-28(18-26)29-20-30(22-31(21-29)35-23-32(15-16-41-35)40(5,6)7)33-12-10-14-37-38(33)42-39(44-37)34-11-8-9-13-36(34)43/h8-25,43H,1-7H3. The lowest BCUT2D eigenvalue weighted by Crippen LogP contribution is -2.11. The molecule has 0 atom stereocenters. The van der Waals surface area contributed by atoms with Gasteiger partial charge in [0.25, 0.3) is 0 Å². The zero-order chi connectivity index (χ0) is 31.2. The van der Waals surface area contributed by atoms with E-state index in [-0.39, 0.29) is 11.2 Å². The number of oxazole rings is 1. The van der Waals surface area contributed by atoms with Crippen molar-refractivity contribution < 1.29 is 9.52 Å². The molecule has 222 valence electrons. The van der Waals surface area contributed by atoms with E-state index < -0.39 is 0 Å². The van der Waals surface area contributed by atoms with Crippen molar-refractivity contribution in [2.24, 2.45) is 0 Å². The number of aromatic hydroxyl groups is 1. The number of hydrogen-bond acceptors (Lipinski definition) is 4. The predicted octanol–water partition coefficient (Wildman–Crippen LogP) is 11.1. The zero-order valence-electron chi connectivity index (χ0n) is 26.6. The highest BCUT2D eigenvalue weighted by Gasteiger charge is 2.19. The molecule has 0 saturated carbocycles. The summed E-state index contributed by atoms with van der Waals surface area (Å²) < 4.78 is 6.18. The number of phenolic OH excluding ortho intramolecular Hbond substituents is 1. The van der Waals surface area contributed by atoms with Crippen LogP contribution in [0.4, 0.5) is 0 Å².